The normalized spacial score (nSPS) is 8.93. The van der Waals surface area contributed by atoms with Crippen molar-refractivity contribution < 1.29 is 14.6 Å². The van der Waals surface area contributed by atoms with Gasteiger partial charge in [-0.1, -0.05) is 23.4 Å². The fourth-order valence-corrected chi connectivity index (χ4v) is 1.17. The summed E-state index contributed by atoms with van der Waals surface area (Å²) in [6, 6.07) is 5.01. The van der Waals surface area contributed by atoms with E-state index < -0.39 is 5.97 Å². The van der Waals surface area contributed by atoms with Crippen molar-refractivity contribution >= 4 is 17.6 Å². The van der Waals surface area contributed by atoms with Crippen molar-refractivity contribution in [1.29, 1.82) is 0 Å². The van der Waals surface area contributed by atoms with Crippen molar-refractivity contribution in [2.45, 2.75) is 6.42 Å². The van der Waals surface area contributed by atoms with E-state index in [4.69, 9.17) is 21.4 Å². The number of hydrogen-bond donors (Lipinski definition) is 1. The summed E-state index contributed by atoms with van der Waals surface area (Å²) in [4.78, 5) is 10.3. The summed E-state index contributed by atoms with van der Waals surface area (Å²) in [5.41, 5.74) is 0.589. The fourth-order valence-electron chi connectivity index (χ4n) is 0.993. The third kappa shape index (κ3) is 3.53. The molecule has 0 atom stereocenters. The quantitative estimate of drug-likeness (QED) is 0.784. The monoisotopic (exact) mass is 224 g/mol. The molecule has 0 saturated carbocycles. The first-order valence-corrected chi connectivity index (χ1v) is 4.55. The zero-order valence-electron chi connectivity index (χ0n) is 8.08. The van der Waals surface area contributed by atoms with Crippen LogP contribution in [0.4, 0.5) is 0 Å². The minimum atomic E-state index is -0.955. The van der Waals surface area contributed by atoms with Crippen LogP contribution in [-0.4, -0.2) is 18.2 Å². The van der Waals surface area contributed by atoms with E-state index in [1.54, 1.807) is 18.2 Å². The second-order valence-corrected chi connectivity index (χ2v) is 3.15. The standard InChI is InChI=1S/C11H9ClO3/c1-15-10-6-5-9(12)7-8(10)3-2-4-11(13)14/h5-7H,4H2,1H3,(H,13,14). The molecule has 4 heteroatoms. The molecule has 0 spiro atoms. The van der Waals surface area contributed by atoms with Crippen LogP contribution in [0.2, 0.25) is 5.02 Å². The van der Waals surface area contributed by atoms with Gasteiger partial charge in [-0.15, -0.1) is 0 Å². The summed E-state index contributed by atoms with van der Waals surface area (Å²) >= 11 is 5.78. The summed E-state index contributed by atoms with van der Waals surface area (Å²) in [7, 11) is 1.52. The third-order valence-electron chi connectivity index (χ3n) is 1.62. The first-order chi connectivity index (χ1) is 7.13. The lowest BCUT2D eigenvalue weighted by Crippen LogP contribution is -1.91. The van der Waals surface area contributed by atoms with Crippen molar-refractivity contribution in [3.05, 3.63) is 28.8 Å². The van der Waals surface area contributed by atoms with Crippen LogP contribution in [0.3, 0.4) is 0 Å². The van der Waals surface area contributed by atoms with Crippen LogP contribution < -0.4 is 4.74 Å². The molecule has 0 aliphatic heterocycles. The number of carboxylic acid groups (broad SMARTS) is 1. The molecule has 0 saturated heterocycles. The largest absolute Gasteiger partial charge is 0.495 e. The van der Waals surface area contributed by atoms with Gasteiger partial charge in [0.05, 0.1) is 12.7 Å². The highest BCUT2D eigenvalue weighted by Crippen LogP contribution is 2.21. The molecule has 3 nitrogen and oxygen atoms in total. The number of halogens is 1. The number of benzene rings is 1. The number of ether oxygens (including phenoxy) is 1. The molecule has 1 aromatic carbocycles. The van der Waals surface area contributed by atoms with E-state index in [0.29, 0.717) is 16.3 Å². The van der Waals surface area contributed by atoms with Gasteiger partial charge in [0, 0.05) is 5.02 Å². The van der Waals surface area contributed by atoms with Crippen LogP contribution in [0, 0.1) is 11.8 Å². The van der Waals surface area contributed by atoms with E-state index in [-0.39, 0.29) is 6.42 Å². The molecular weight excluding hydrogens is 216 g/mol. The Morgan fingerprint density at radius 1 is 1.60 bits per heavy atom. The molecule has 78 valence electrons. The molecule has 0 amide bonds. The maximum absolute atomic E-state index is 10.3. The zero-order chi connectivity index (χ0) is 11.3. The van der Waals surface area contributed by atoms with Crippen LogP contribution in [0.5, 0.6) is 5.75 Å². The topological polar surface area (TPSA) is 46.5 Å². The molecule has 0 aliphatic rings. The number of rotatable bonds is 2. The molecule has 0 fully saturated rings. The minimum absolute atomic E-state index is 0.199. The van der Waals surface area contributed by atoms with Gasteiger partial charge in [0.2, 0.25) is 0 Å². The maximum atomic E-state index is 10.3. The Morgan fingerprint density at radius 2 is 2.33 bits per heavy atom. The van der Waals surface area contributed by atoms with E-state index in [1.807, 2.05) is 0 Å². The van der Waals surface area contributed by atoms with Crippen molar-refractivity contribution in [3.8, 4) is 17.6 Å². The van der Waals surface area contributed by atoms with Crippen LogP contribution in [0.1, 0.15) is 12.0 Å². The first kappa shape index (κ1) is 11.4. The molecule has 15 heavy (non-hydrogen) atoms. The van der Waals surface area contributed by atoms with Crippen molar-refractivity contribution in [1.82, 2.24) is 0 Å². The summed E-state index contributed by atoms with van der Waals surface area (Å²) in [6.45, 7) is 0. The smallest absolute Gasteiger partial charge is 0.315 e. The van der Waals surface area contributed by atoms with Crippen LogP contribution in [0.15, 0.2) is 18.2 Å². The van der Waals surface area contributed by atoms with Gasteiger partial charge in [-0.3, -0.25) is 4.79 Å². The molecule has 0 aliphatic carbocycles. The lowest BCUT2D eigenvalue weighted by molar-refractivity contribution is -0.135. The predicted molar refractivity (Wildman–Crippen MR) is 57.1 cm³/mol. The van der Waals surface area contributed by atoms with Crippen molar-refractivity contribution in [2.75, 3.05) is 7.11 Å². The van der Waals surface area contributed by atoms with Gasteiger partial charge in [-0.05, 0) is 18.2 Å². The molecule has 0 bridgehead atoms. The van der Waals surface area contributed by atoms with Crippen LogP contribution >= 0.6 is 11.6 Å². The van der Waals surface area contributed by atoms with Crippen molar-refractivity contribution in [3.63, 3.8) is 0 Å². The average molecular weight is 225 g/mol. The number of methoxy groups -OCH3 is 1. The Balaban J connectivity index is 2.94. The number of aliphatic carboxylic acids is 1. The highest BCUT2D eigenvalue weighted by atomic mass is 35.5. The Bertz CT molecular complexity index is 429. The van der Waals surface area contributed by atoms with E-state index in [2.05, 4.69) is 11.8 Å². The molecular formula is C11H9ClO3. The molecule has 0 radical (unpaired) electrons. The minimum Gasteiger partial charge on any atom is -0.495 e. The summed E-state index contributed by atoms with van der Waals surface area (Å²) in [5.74, 6) is 4.84. The Kier molecular flexibility index (Phi) is 4.02. The molecule has 0 heterocycles. The van der Waals surface area contributed by atoms with E-state index in [9.17, 15) is 4.79 Å². The van der Waals surface area contributed by atoms with Gasteiger partial charge in [0.15, 0.2) is 0 Å². The van der Waals surface area contributed by atoms with Crippen LogP contribution in [-0.2, 0) is 4.79 Å². The zero-order valence-corrected chi connectivity index (χ0v) is 8.84. The third-order valence-corrected chi connectivity index (χ3v) is 1.86. The van der Waals surface area contributed by atoms with Gasteiger partial charge in [-0.2, -0.15) is 0 Å². The van der Waals surface area contributed by atoms with Crippen LogP contribution in [0.25, 0.3) is 0 Å². The lowest BCUT2D eigenvalue weighted by Gasteiger charge is -2.02. The number of carboxylic acids is 1. The molecule has 0 unspecified atom stereocenters. The maximum Gasteiger partial charge on any atom is 0.315 e. The van der Waals surface area contributed by atoms with E-state index in [0.717, 1.165) is 0 Å². The van der Waals surface area contributed by atoms with E-state index in [1.165, 1.54) is 7.11 Å². The molecule has 1 rings (SSSR count). The molecule has 0 aromatic heterocycles. The molecule has 1 aromatic rings. The van der Waals surface area contributed by atoms with E-state index >= 15 is 0 Å². The lowest BCUT2D eigenvalue weighted by atomic mass is 10.2. The Morgan fingerprint density at radius 3 is 2.93 bits per heavy atom. The van der Waals surface area contributed by atoms with Gasteiger partial charge in [0.25, 0.3) is 0 Å². The van der Waals surface area contributed by atoms with Gasteiger partial charge in [-0.25, -0.2) is 0 Å². The summed E-state index contributed by atoms with van der Waals surface area (Å²) < 4.78 is 5.05. The first-order valence-electron chi connectivity index (χ1n) is 4.17. The second kappa shape index (κ2) is 5.28. The van der Waals surface area contributed by atoms with Crippen molar-refractivity contribution in [2.24, 2.45) is 0 Å². The Hall–Kier alpha value is -1.66. The predicted octanol–water partition coefficient (Wildman–Crippen LogP) is 2.17. The highest BCUT2D eigenvalue weighted by molar-refractivity contribution is 6.30. The van der Waals surface area contributed by atoms with Gasteiger partial charge in [0.1, 0.15) is 12.2 Å². The highest BCUT2D eigenvalue weighted by Gasteiger charge is 2.00. The van der Waals surface area contributed by atoms with Gasteiger partial charge < -0.3 is 9.84 Å². The summed E-state index contributed by atoms with van der Waals surface area (Å²) in [6.07, 6.45) is -0.199. The Labute approximate surface area is 92.6 Å². The average Bonchev–Trinajstić information content (AvgIpc) is 2.17. The SMILES string of the molecule is COc1ccc(Cl)cc1C#CCC(=O)O. The fraction of sp³-hybridized carbons (Fsp3) is 0.182. The second-order valence-electron chi connectivity index (χ2n) is 2.72. The summed E-state index contributed by atoms with van der Waals surface area (Å²) in [5, 5.41) is 8.95. The number of hydrogen-bond acceptors (Lipinski definition) is 2. The number of carbonyl (C=O) groups is 1. The van der Waals surface area contributed by atoms with Gasteiger partial charge >= 0.3 is 5.97 Å². The molecule has 1 N–H and O–H groups in total.